The number of aryl methyl sites for hydroxylation is 1. The summed E-state index contributed by atoms with van der Waals surface area (Å²) in [6, 6.07) is 1.88. The van der Waals surface area contributed by atoms with E-state index in [-0.39, 0.29) is 11.8 Å². The first-order valence-corrected chi connectivity index (χ1v) is 7.52. The summed E-state index contributed by atoms with van der Waals surface area (Å²) < 4.78 is 4.98. The Labute approximate surface area is 125 Å². The van der Waals surface area contributed by atoms with Gasteiger partial charge in [-0.3, -0.25) is 4.79 Å². The highest BCUT2D eigenvalue weighted by atomic mass is 16.5. The second-order valence-electron chi connectivity index (χ2n) is 5.42. The van der Waals surface area contributed by atoms with E-state index in [1.807, 2.05) is 13.0 Å². The predicted octanol–water partition coefficient (Wildman–Crippen LogP) is 1.15. The summed E-state index contributed by atoms with van der Waals surface area (Å²) in [5.41, 5.74) is 0.950. The van der Waals surface area contributed by atoms with E-state index in [2.05, 4.69) is 20.2 Å². The summed E-state index contributed by atoms with van der Waals surface area (Å²) in [4.78, 5) is 23.0. The molecule has 0 aromatic carbocycles. The summed E-state index contributed by atoms with van der Waals surface area (Å²) in [7, 11) is 1.67. The van der Waals surface area contributed by atoms with Crippen molar-refractivity contribution in [3.05, 3.63) is 18.0 Å². The highest BCUT2D eigenvalue weighted by Crippen LogP contribution is 2.20. The van der Waals surface area contributed by atoms with Gasteiger partial charge in [0.05, 0.1) is 5.92 Å². The van der Waals surface area contributed by atoms with Crippen molar-refractivity contribution in [1.82, 2.24) is 15.3 Å². The maximum Gasteiger partial charge on any atom is 0.225 e. The molecule has 1 amide bonds. The number of hydrogen-bond donors (Lipinski definition) is 1. The third-order valence-corrected chi connectivity index (χ3v) is 3.68. The fourth-order valence-electron chi connectivity index (χ4n) is 2.53. The van der Waals surface area contributed by atoms with Crippen LogP contribution in [0.2, 0.25) is 0 Å². The standard InChI is InChI=1S/C15H24N4O2/c1-12-6-8-17-15(18-12)19-9-3-5-13(11-19)14(20)16-7-4-10-21-2/h6,8,13H,3-5,7,9-11H2,1-2H3,(H,16,20). The van der Waals surface area contributed by atoms with Crippen LogP contribution in [0.25, 0.3) is 0 Å². The summed E-state index contributed by atoms with van der Waals surface area (Å²) in [6.07, 6.45) is 4.54. The van der Waals surface area contributed by atoms with Crippen molar-refractivity contribution in [2.75, 3.05) is 38.3 Å². The van der Waals surface area contributed by atoms with Crippen LogP contribution in [0.3, 0.4) is 0 Å². The highest BCUT2D eigenvalue weighted by Gasteiger charge is 2.26. The van der Waals surface area contributed by atoms with Crippen LogP contribution in [0.15, 0.2) is 12.3 Å². The van der Waals surface area contributed by atoms with Gasteiger partial charge in [-0.1, -0.05) is 0 Å². The maximum absolute atomic E-state index is 12.2. The first kappa shape index (κ1) is 15.7. The van der Waals surface area contributed by atoms with Crippen molar-refractivity contribution in [1.29, 1.82) is 0 Å². The minimum absolute atomic E-state index is 0.0189. The van der Waals surface area contributed by atoms with E-state index in [9.17, 15) is 4.79 Å². The van der Waals surface area contributed by atoms with E-state index in [0.717, 1.165) is 37.4 Å². The second-order valence-corrected chi connectivity index (χ2v) is 5.42. The fourth-order valence-corrected chi connectivity index (χ4v) is 2.53. The Kier molecular flexibility index (Phi) is 5.92. The first-order valence-electron chi connectivity index (χ1n) is 7.52. The Balaban J connectivity index is 1.87. The van der Waals surface area contributed by atoms with E-state index in [1.54, 1.807) is 13.3 Å². The van der Waals surface area contributed by atoms with Gasteiger partial charge in [0.25, 0.3) is 0 Å². The lowest BCUT2D eigenvalue weighted by Crippen LogP contribution is -2.44. The van der Waals surface area contributed by atoms with Gasteiger partial charge in [-0.2, -0.15) is 0 Å². The first-order chi connectivity index (χ1) is 10.2. The number of nitrogens with one attached hydrogen (secondary N) is 1. The topological polar surface area (TPSA) is 67.3 Å². The highest BCUT2D eigenvalue weighted by molar-refractivity contribution is 5.79. The van der Waals surface area contributed by atoms with Gasteiger partial charge in [0.15, 0.2) is 0 Å². The Morgan fingerprint density at radius 3 is 3.19 bits per heavy atom. The molecular weight excluding hydrogens is 268 g/mol. The van der Waals surface area contributed by atoms with Crippen molar-refractivity contribution in [2.24, 2.45) is 5.92 Å². The average Bonchev–Trinajstić information content (AvgIpc) is 2.51. The second kappa shape index (κ2) is 7.93. The van der Waals surface area contributed by atoms with E-state index in [0.29, 0.717) is 19.7 Å². The van der Waals surface area contributed by atoms with Gasteiger partial charge in [0, 0.05) is 45.2 Å². The third kappa shape index (κ3) is 4.67. The molecule has 0 bridgehead atoms. The van der Waals surface area contributed by atoms with Crippen molar-refractivity contribution < 1.29 is 9.53 Å². The lowest BCUT2D eigenvalue weighted by molar-refractivity contribution is -0.125. The molecule has 2 heterocycles. The predicted molar refractivity (Wildman–Crippen MR) is 81.2 cm³/mol. The van der Waals surface area contributed by atoms with Crippen LogP contribution < -0.4 is 10.2 Å². The number of aromatic nitrogens is 2. The molecule has 1 aromatic rings. The zero-order chi connectivity index (χ0) is 15.1. The number of nitrogens with zero attached hydrogens (tertiary/aromatic N) is 3. The number of methoxy groups -OCH3 is 1. The lowest BCUT2D eigenvalue weighted by atomic mass is 9.97. The number of carbonyl (C=O) groups excluding carboxylic acids is 1. The number of carbonyl (C=O) groups is 1. The molecule has 1 unspecified atom stereocenters. The molecule has 1 aromatic heterocycles. The molecule has 21 heavy (non-hydrogen) atoms. The summed E-state index contributed by atoms with van der Waals surface area (Å²) >= 11 is 0. The van der Waals surface area contributed by atoms with Crippen molar-refractivity contribution in [2.45, 2.75) is 26.2 Å². The molecule has 6 nitrogen and oxygen atoms in total. The molecule has 6 heteroatoms. The number of anilines is 1. The van der Waals surface area contributed by atoms with Crippen molar-refractivity contribution in [3.8, 4) is 0 Å². The number of piperidine rings is 1. The monoisotopic (exact) mass is 292 g/mol. The minimum atomic E-state index is 0.0189. The zero-order valence-electron chi connectivity index (χ0n) is 12.8. The van der Waals surface area contributed by atoms with Crippen molar-refractivity contribution in [3.63, 3.8) is 0 Å². The summed E-state index contributed by atoms with van der Waals surface area (Å²) in [5.74, 6) is 0.876. The lowest BCUT2D eigenvalue weighted by Gasteiger charge is -2.32. The van der Waals surface area contributed by atoms with E-state index in [1.165, 1.54) is 0 Å². The SMILES string of the molecule is COCCCNC(=O)C1CCCN(c2nccc(C)n2)C1. The molecule has 0 radical (unpaired) electrons. The third-order valence-electron chi connectivity index (χ3n) is 3.68. The normalized spacial score (nSPS) is 18.6. The van der Waals surface area contributed by atoms with Gasteiger partial charge in [-0.15, -0.1) is 0 Å². The molecule has 1 saturated heterocycles. The van der Waals surface area contributed by atoms with Gasteiger partial charge in [-0.25, -0.2) is 9.97 Å². The molecule has 1 aliphatic heterocycles. The van der Waals surface area contributed by atoms with Crippen molar-refractivity contribution >= 4 is 11.9 Å². The van der Waals surface area contributed by atoms with Crippen LogP contribution in [-0.2, 0) is 9.53 Å². The zero-order valence-corrected chi connectivity index (χ0v) is 12.8. The molecule has 2 rings (SSSR count). The van der Waals surface area contributed by atoms with Crippen LogP contribution >= 0.6 is 0 Å². The largest absolute Gasteiger partial charge is 0.385 e. The molecule has 0 spiro atoms. The minimum Gasteiger partial charge on any atom is -0.385 e. The van der Waals surface area contributed by atoms with Gasteiger partial charge in [-0.05, 0) is 32.3 Å². The molecule has 1 atom stereocenters. The molecule has 0 saturated carbocycles. The van der Waals surface area contributed by atoms with Crippen LogP contribution in [-0.4, -0.2) is 49.2 Å². The Bertz CT molecular complexity index is 467. The van der Waals surface area contributed by atoms with Gasteiger partial charge in [0.1, 0.15) is 0 Å². The van der Waals surface area contributed by atoms with E-state index < -0.39 is 0 Å². The number of amides is 1. The van der Waals surface area contributed by atoms with Crippen LogP contribution in [0.4, 0.5) is 5.95 Å². The van der Waals surface area contributed by atoms with Gasteiger partial charge >= 0.3 is 0 Å². The molecule has 1 fully saturated rings. The van der Waals surface area contributed by atoms with E-state index in [4.69, 9.17) is 4.74 Å². The number of rotatable bonds is 6. The number of ether oxygens (including phenoxy) is 1. The Morgan fingerprint density at radius 2 is 2.43 bits per heavy atom. The van der Waals surface area contributed by atoms with Crippen LogP contribution in [0.1, 0.15) is 25.0 Å². The Morgan fingerprint density at radius 1 is 1.57 bits per heavy atom. The van der Waals surface area contributed by atoms with Crippen LogP contribution in [0.5, 0.6) is 0 Å². The molecule has 0 aliphatic carbocycles. The van der Waals surface area contributed by atoms with Crippen LogP contribution in [0, 0.1) is 12.8 Å². The van der Waals surface area contributed by atoms with Gasteiger partial charge < -0.3 is 15.0 Å². The molecular formula is C15H24N4O2. The smallest absolute Gasteiger partial charge is 0.225 e. The fraction of sp³-hybridized carbons (Fsp3) is 0.667. The quantitative estimate of drug-likeness (QED) is 0.797. The van der Waals surface area contributed by atoms with E-state index >= 15 is 0 Å². The maximum atomic E-state index is 12.2. The molecule has 1 aliphatic rings. The Hall–Kier alpha value is -1.69. The summed E-state index contributed by atoms with van der Waals surface area (Å²) in [6.45, 7) is 4.91. The average molecular weight is 292 g/mol. The molecule has 1 N–H and O–H groups in total. The van der Waals surface area contributed by atoms with Gasteiger partial charge in [0.2, 0.25) is 11.9 Å². The summed E-state index contributed by atoms with van der Waals surface area (Å²) in [5, 5.41) is 2.98. The molecule has 116 valence electrons. The number of hydrogen-bond acceptors (Lipinski definition) is 5.